The highest BCUT2D eigenvalue weighted by atomic mass is 32.2. The lowest BCUT2D eigenvalue weighted by molar-refractivity contribution is 0.601. The van der Waals surface area contributed by atoms with E-state index in [0.717, 1.165) is 39.9 Å². The Morgan fingerprint density at radius 2 is 1.81 bits per heavy atom. The van der Waals surface area contributed by atoms with Crippen molar-refractivity contribution in [3.05, 3.63) is 76.4 Å². The van der Waals surface area contributed by atoms with E-state index in [2.05, 4.69) is 9.71 Å². The van der Waals surface area contributed by atoms with E-state index in [1.807, 2.05) is 37.3 Å². The molecule has 1 aliphatic carbocycles. The van der Waals surface area contributed by atoms with Crippen molar-refractivity contribution >= 4 is 49.2 Å². The quantitative estimate of drug-likeness (QED) is 0.375. The third kappa shape index (κ3) is 4.20. The number of nitrogens with zero attached hydrogens (tertiary/aromatic N) is 2. The molecule has 5 rings (SSSR count). The van der Waals surface area contributed by atoms with Crippen LogP contribution in [0.4, 0.5) is 5.82 Å². The zero-order valence-electron chi connectivity index (χ0n) is 17.0. The van der Waals surface area contributed by atoms with Gasteiger partial charge < -0.3 is 0 Å². The summed E-state index contributed by atoms with van der Waals surface area (Å²) >= 11 is 3.30. The molecular weight excluding hydrogens is 446 g/mol. The Hall–Kier alpha value is -2.42. The lowest BCUT2D eigenvalue weighted by atomic mass is 10.2. The van der Waals surface area contributed by atoms with E-state index >= 15 is 0 Å². The number of benzene rings is 2. The van der Waals surface area contributed by atoms with E-state index in [1.165, 1.54) is 10.4 Å². The van der Waals surface area contributed by atoms with E-state index in [4.69, 9.17) is 4.98 Å². The second-order valence-electron chi connectivity index (χ2n) is 7.55. The highest BCUT2D eigenvalue weighted by molar-refractivity contribution is 7.98. The lowest BCUT2D eigenvalue weighted by Gasteiger charge is -2.11. The predicted molar refractivity (Wildman–Crippen MR) is 127 cm³/mol. The van der Waals surface area contributed by atoms with Crippen LogP contribution in [-0.2, 0) is 28.6 Å². The first-order valence-corrected chi connectivity index (χ1v) is 13.4. The minimum Gasteiger partial charge on any atom is -0.263 e. The second kappa shape index (κ2) is 8.26. The van der Waals surface area contributed by atoms with Crippen LogP contribution in [0.3, 0.4) is 0 Å². The first-order valence-electron chi connectivity index (χ1n) is 10.1. The largest absolute Gasteiger partial charge is 0.263 e. The van der Waals surface area contributed by atoms with E-state index in [0.29, 0.717) is 17.4 Å². The third-order valence-electron chi connectivity index (χ3n) is 5.28. The van der Waals surface area contributed by atoms with Gasteiger partial charge in [-0.05, 0) is 56.0 Å². The van der Waals surface area contributed by atoms with Gasteiger partial charge in [0, 0.05) is 9.77 Å². The molecule has 2 aromatic carbocycles. The molecule has 0 saturated carbocycles. The number of rotatable bonds is 6. The molecule has 0 saturated heterocycles. The van der Waals surface area contributed by atoms with E-state index in [9.17, 15) is 8.42 Å². The van der Waals surface area contributed by atoms with Crippen molar-refractivity contribution in [2.45, 2.75) is 41.7 Å². The van der Waals surface area contributed by atoms with Gasteiger partial charge in [-0.15, -0.1) is 23.1 Å². The first-order chi connectivity index (χ1) is 15.0. The van der Waals surface area contributed by atoms with Crippen LogP contribution in [-0.4, -0.2) is 18.4 Å². The molecule has 2 heterocycles. The molecule has 1 aliphatic rings. The third-order valence-corrected chi connectivity index (χ3v) is 8.83. The number of aromatic nitrogens is 2. The fourth-order valence-corrected chi connectivity index (χ4v) is 6.82. The van der Waals surface area contributed by atoms with Crippen molar-refractivity contribution in [2.75, 3.05) is 4.72 Å². The summed E-state index contributed by atoms with van der Waals surface area (Å²) in [6.07, 6.45) is 3.05. The number of fused-ring (bicyclic) bond motifs is 3. The molecule has 158 valence electrons. The van der Waals surface area contributed by atoms with Gasteiger partial charge in [0.05, 0.1) is 16.0 Å². The van der Waals surface area contributed by atoms with Gasteiger partial charge >= 0.3 is 0 Å². The van der Waals surface area contributed by atoms with Crippen LogP contribution in [0.15, 0.2) is 64.4 Å². The summed E-state index contributed by atoms with van der Waals surface area (Å²) in [5, 5.41) is 0.863. The normalized spacial score (nSPS) is 13.5. The SMILES string of the molecule is Cc1ccc(S(=O)(=O)Nc2nc(CSc3ccccc3)nc3sc4c(c23)CCC4)cc1. The van der Waals surface area contributed by atoms with Gasteiger partial charge in [-0.3, -0.25) is 4.72 Å². The molecule has 0 unspecified atom stereocenters. The summed E-state index contributed by atoms with van der Waals surface area (Å²) in [7, 11) is -3.74. The van der Waals surface area contributed by atoms with Gasteiger partial charge in [0.25, 0.3) is 10.0 Å². The minimum absolute atomic E-state index is 0.233. The molecule has 4 aromatic rings. The molecule has 1 N–H and O–H groups in total. The molecule has 0 radical (unpaired) electrons. The minimum atomic E-state index is -3.74. The van der Waals surface area contributed by atoms with Gasteiger partial charge in [0.15, 0.2) is 5.82 Å². The maximum Gasteiger partial charge on any atom is 0.263 e. The summed E-state index contributed by atoms with van der Waals surface area (Å²) in [6, 6.07) is 16.9. The van der Waals surface area contributed by atoms with Gasteiger partial charge in [-0.25, -0.2) is 18.4 Å². The van der Waals surface area contributed by atoms with E-state index in [1.54, 1.807) is 47.4 Å². The van der Waals surface area contributed by atoms with Gasteiger partial charge in [0.2, 0.25) is 0 Å². The topological polar surface area (TPSA) is 72.0 Å². The highest BCUT2D eigenvalue weighted by Gasteiger charge is 2.25. The highest BCUT2D eigenvalue weighted by Crippen LogP contribution is 2.40. The number of hydrogen-bond acceptors (Lipinski definition) is 6. The standard InChI is InChI=1S/C23H21N3O2S3/c1-15-10-12-17(13-11-15)31(27,28)26-22-21-18-8-5-9-19(18)30-23(21)25-20(24-22)14-29-16-6-3-2-4-7-16/h2-4,6-7,10-13H,5,8-9,14H2,1H3,(H,24,25,26). The second-order valence-corrected chi connectivity index (χ2v) is 11.4. The summed E-state index contributed by atoms with van der Waals surface area (Å²) in [5.41, 5.74) is 2.21. The molecule has 0 amide bonds. The Bertz CT molecular complexity index is 1350. The fraction of sp³-hybridized carbons (Fsp3) is 0.217. The molecule has 2 aromatic heterocycles. The molecule has 0 aliphatic heterocycles. The summed E-state index contributed by atoms with van der Waals surface area (Å²) < 4.78 is 29.0. The zero-order chi connectivity index (χ0) is 21.4. The average molecular weight is 468 g/mol. The monoisotopic (exact) mass is 467 g/mol. The number of sulfonamides is 1. The molecule has 0 spiro atoms. The van der Waals surface area contributed by atoms with Crippen molar-refractivity contribution in [3.8, 4) is 0 Å². The smallest absolute Gasteiger partial charge is 0.263 e. The number of anilines is 1. The van der Waals surface area contributed by atoms with Crippen molar-refractivity contribution in [2.24, 2.45) is 0 Å². The molecular formula is C23H21N3O2S3. The van der Waals surface area contributed by atoms with Crippen molar-refractivity contribution in [1.29, 1.82) is 0 Å². The first kappa shape index (κ1) is 20.5. The molecule has 31 heavy (non-hydrogen) atoms. The molecule has 0 bridgehead atoms. The Morgan fingerprint density at radius 3 is 2.58 bits per heavy atom. The van der Waals surface area contributed by atoms with Crippen molar-refractivity contribution in [3.63, 3.8) is 0 Å². The number of aryl methyl sites for hydroxylation is 3. The Balaban J connectivity index is 1.54. The summed E-state index contributed by atoms with van der Waals surface area (Å²) in [5.74, 6) is 1.60. The van der Waals surface area contributed by atoms with Crippen LogP contribution in [0.1, 0.15) is 28.2 Å². The number of hydrogen-bond donors (Lipinski definition) is 1. The summed E-state index contributed by atoms with van der Waals surface area (Å²) in [6.45, 7) is 1.93. The predicted octanol–water partition coefficient (Wildman–Crippen LogP) is 5.58. The van der Waals surface area contributed by atoms with Crippen LogP contribution < -0.4 is 4.72 Å². The van der Waals surface area contributed by atoms with Crippen LogP contribution >= 0.6 is 23.1 Å². The van der Waals surface area contributed by atoms with Crippen molar-refractivity contribution < 1.29 is 8.42 Å². The molecule has 5 nitrogen and oxygen atoms in total. The summed E-state index contributed by atoms with van der Waals surface area (Å²) in [4.78, 5) is 13.0. The maximum absolute atomic E-state index is 13.1. The molecule has 8 heteroatoms. The van der Waals surface area contributed by atoms with Gasteiger partial charge in [-0.2, -0.15) is 0 Å². The number of thioether (sulfide) groups is 1. The molecule has 0 atom stereocenters. The number of nitrogens with one attached hydrogen (secondary N) is 1. The Morgan fingerprint density at radius 1 is 1.03 bits per heavy atom. The Labute approximate surface area is 190 Å². The average Bonchev–Trinajstić information content (AvgIpc) is 3.34. The molecule has 0 fully saturated rings. The lowest BCUT2D eigenvalue weighted by Crippen LogP contribution is -2.15. The van der Waals surface area contributed by atoms with Crippen LogP contribution in [0.5, 0.6) is 0 Å². The van der Waals surface area contributed by atoms with Crippen LogP contribution in [0.2, 0.25) is 0 Å². The fourth-order valence-electron chi connectivity index (χ4n) is 3.75. The number of thiophene rings is 1. The van der Waals surface area contributed by atoms with E-state index < -0.39 is 10.0 Å². The maximum atomic E-state index is 13.1. The van der Waals surface area contributed by atoms with Gasteiger partial charge in [-0.1, -0.05) is 35.9 Å². The van der Waals surface area contributed by atoms with Crippen molar-refractivity contribution in [1.82, 2.24) is 9.97 Å². The van der Waals surface area contributed by atoms with Crippen LogP contribution in [0.25, 0.3) is 10.2 Å². The van der Waals surface area contributed by atoms with Crippen LogP contribution in [0, 0.1) is 6.92 Å². The van der Waals surface area contributed by atoms with E-state index in [-0.39, 0.29) is 4.90 Å². The van der Waals surface area contributed by atoms with Gasteiger partial charge in [0.1, 0.15) is 10.7 Å². The zero-order valence-corrected chi connectivity index (χ0v) is 19.4. The Kier molecular flexibility index (Phi) is 5.45.